The first-order valence-electron chi connectivity index (χ1n) is 6.35. The standard InChI is InChI=1S/C15H17NO2S/c1-2-3-4-13-9-10-14(19-13)18-15(17)11-5-7-12(16)8-6-11/h5-10H,2-4,16H2,1H3. The van der Waals surface area contributed by atoms with E-state index in [9.17, 15) is 4.79 Å². The van der Waals surface area contributed by atoms with Gasteiger partial charge in [0.2, 0.25) is 0 Å². The summed E-state index contributed by atoms with van der Waals surface area (Å²) >= 11 is 1.53. The number of thiophene rings is 1. The van der Waals surface area contributed by atoms with Crippen molar-refractivity contribution in [3.8, 4) is 5.06 Å². The highest BCUT2D eigenvalue weighted by molar-refractivity contribution is 7.13. The van der Waals surface area contributed by atoms with Crippen LogP contribution in [-0.2, 0) is 6.42 Å². The third kappa shape index (κ3) is 3.83. The average Bonchev–Trinajstić information content (AvgIpc) is 2.84. The van der Waals surface area contributed by atoms with Crippen LogP contribution in [-0.4, -0.2) is 5.97 Å². The van der Waals surface area contributed by atoms with Gasteiger partial charge in [0.25, 0.3) is 0 Å². The summed E-state index contributed by atoms with van der Waals surface area (Å²) in [5, 5.41) is 0.646. The van der Waals surface area contributed by atoms with Gasteiger partial charge in [0.1, 0.15) is 0 Å². The number of hydrogen-bond donors (Lipinski definition) is 1. The van der Waals surface area contributed by atoms with Crippen LogP contribution in [0.5, 0.6) is 5.06 Å². The molecule has 0 amide bonds. The van der Waals surface area contributed by atoms with Gasteiger partial charge in [-0.1, -0.05) is 13.3 Å². The van der Waals surface area contributed by atoms with Crippen molar-refractivity contribution in [1.29, 1.82) is 0 Å². The number of benzene rings is 1. The van der Waals surface area contributed by atoms with E-state index in [1.165, 1.54) is 22.6 Å². The number of rotatable bonds is 5. The third-order valence-corrected chi connectivity index (χ3v) is 3.78. The van der Waals surface area contributed by atoms with Crippen LogP contribution in [0.25, 0.3) is 0 Å². The van der Waals surface area contributed by atoms with Gasteiger partial charge in [0.05, 0.1) is 5.56 Å². The van der Waals surface area contributed by atoms with Gasteiger partial charge in [0, 0.05) is 10.6 Å². The maximum atomic E-state index is 11.9. The number of hydrogen-bond acceptors (Lipinski definition) is 4. The molecular formula is C15H17NO2S. The van der Waals surface area contributed by atoms with Crippen molar-refractivity contribution in [2.24, 2.45) is 0 Å². The zero-order valence-corrected chi connectivity index (χ0v) is 11.7. The molecule has 2 aromatic rings. The quantitative estimate of drug-likeness (QED) is 0.665. The van der Waals surface area contributed by atoms with Crippen LogP contribution in [0.15, 0.2) is 36.4 Å². The zero-order chi connectivity index (χ0) is 13.7. The summed E-state index contributed by atoms with van der Waals surface area (Å²) in [5.74, 6) is -0.344. The molecule has 0 fully saturated rings. The Kier molecular flexibility index (Phi) is 4.58. The summed E-state index contributed by atoms with van der Waals surface area (Å²) in [5.41, 5.74) is 6.72. The van der Waals surface area contributed by atoms with Crippen molar-refractivity contribution in [3.05, 3.63) is 46.8 Å². The normalized spacial score (nSPS) is 10.4. The molecule has 4 heteroatoms. The van der Waals surface area contributed by atoms with Crippen molar-refractivity contribution in [2.45, 2.75) is 26.2 Å². The lowest BCUT2D eigenvalue weighted by atomic mass is 10.2. The predicted molar refractivity (Wildman–Crippen MR) is 78.7 cm³/mol. The second kappa shape index (κ2) is 6.38. The van der Waals surface area contributed by atoms with E-state index in [1.807, 2.05) is 12.1 Å². The smallest absolute Gasteiger partial charge is 0.344 e. The highest BCUT2D eigenvalue weighted by Crippen LogP contribution is 2.26. The second-order valence-corrected chi connectivity index (χ2v) is 5.47. The van der Waals surface area contributed by atoms with Gasteiger partial charge in [-0.2, -0.15) is 0 Å². The molecule has 2 N–H and O–H groups in total. The second-order valence-electron chi connectivity index (χ2n) is 4.34. The number of unbranched alkanes of at least 4 members (excludes halogenated alkanes) is 1. The Morgan fingerprint density at radius 1 is 1.21 bits per heavy atom. The van der Waals surface area contributed by atoms with Crippen LogP contribution in [0.3, 0.4) is 0 Å². The van der Waals surface area contributed by atoms with Gasteiger partial charge >= 0.3 is 5.97 Å². The monoisotopic (exact) mass is 275 g/mol. The topological polar surface area (TPSA) is 52.3 Å². The van der Waals surface area contributed by atoms with E-state index in [4.69, 9.17) is 10.5 Å². The zero-order valence-electron chi connectivity index (χ0n) is 10.9. The molecule has 0 radical (unpaired) electrons. The fourth-order valence-electron chi connectivity index (χ4n) is 1.67. The molecule has 3 nitrogen and oxygen atoms in total. The van der Waals surface area contributed by atoms with E-state index < -0.39 is 0 Å². The molecule has 1 aromatic heterocycles. The van der Waals surface area contributed by atoms with Crippen molar-refractivity contribution >= 4 is 23.0 Å². The lowest BCUT2D eigenvalue weighted by Crippen LogP contribution is -2.07. The first-order valence-corrected chi connectivity index (χ1v) is 7.17. The van der Waals surface area contributed by atoms with E-state index >= 15 is 0 Å². The van der Waals surface area contributed by atoms with E-state index in [-0.39, 0.29) is 5.97 Å². The van der Waals surface area contributed by atoms with Crippen molar-refractivity contribution < 1.29 is 9.53 Å². The van der Waals surface area contributed by atoms with Gasteiger partial charge < -0.3 is 10.5 Å². The summed E-state index contributed by atoms with van der Waals surface area (Å²) in [6.45, 7) is 2.16. The number of ether oxygens (including phenoxy) is 1. The van der Waals surface area contributed by atoms with Crippen molar-refractivity contribution in [2.75, 3.05) is 5.73 Å². The van der Waals surface area contributed by atoms with Gasteiger partial charge in [0.15, 0.2) is 5.06 Å². The lowest BCUT2D eigenvalue weighted by molar-refractivity contribution is 0.0740. The molecule has 2 rings (SSSR count). The Balaban J connectivity index is 1.98. The molecule has 0 spiro atoms. The number of aryl methyl sites for hydroxylation is 1. The fraction of sp³-hybridized carbons (Fsp3) is 0.267. The highest BCUT2D eigenvalue weighted by atomic mass is 32.1. The maximum absolute atomic E-state index is 11.9. The summed E-state index contributed by atoms with van der Waals surface area (Å²) in [6.07, 6.45) is 3.37. The lowest BCUT2D eigenvalue weighted by Gasteiger charge is -2.01. The van der Waals surface area contributed by atoms with Gasteiger partial charge in [-0.05, 0) is 49.2 Å². The van der Waals surface area contributed by atoms with Crippen LogP contribution in [0, 0.1) is 0 Å². The molecule has 0 atom stereocenters. The number of anilines is 1. The Labute approximate surface area is 117 Å². The molecular weight excluding hydrogens is 258 g/mol. The number of nitrogens with two attached hydrogens (primary N) is 1. The first-order chi connectivity index (χ1) is 9.19. The summed E-state index contributed by atoms with van der Waals surface area (Å²) < 4.78 is 5.34. The number of carbonyl (C=O) groups excluding carboxylic acids is 1. The van der Waals surface area contributed by atoms with Crippen molar-refractivity contribution in [3.63, 3.8) is 0 Å². The Morgan fingerprint density at radius 2 is 1.95 bits per heavy atom. The minimum atomic E-state index is -0.344. The molecule has 100 valence electrons. The highest BCUT2D eigenvalue weighted by Gasteiger charge is 2.10. The van der Waals surface area contributed by atoms with Crippen LogP contribution in [0.4, 0.5) is 5.69 Å². The van der Waals surface area contributed by atoms with Gasteiger partial charge in [-0.3, -0.25) is 0 Å². The molecule has 0 saturated heterocycles. The van der Waals surface area contributed by atoms with Crippen LogP contribution < -0.4 is 10.5 Å². The minimum Gasteiger partial charge on any atom is -0.412 e. The van der Waals surface area contributed by atoms with E-state index in [2.05, 4.69) is 6.92 Å². The Hall–Kier alpha value is -1.81. The molecule has 0 aliphatic carbocycles. The average molecular weight is 275 g/mol. The van der Waals surface area contributed by atoms with Crippen LogP contribution in [0.1, 0.15) is 35.0 Å². The molecule has 1 heterocycles. The summed E-state index contributed by atoms with van der Waals surface area (Å²) in [6, 6.07) is 10.6. The van der Waals surface area contributed by atoms with Crippen molar-refractivity contribution in [1.82, 2.24) is 0 Å². The van der Waals surface area contributed by atoms with Crippen LogP contribution in [0.2, 0.25) is 0 Å². The Bertz CT molecular complexity index is 546. The minimum absolute atomic E-state index is 0.344. The van der Waals surface area contributed by atoms with E-state index in [1.54, 1.807) is 24.3 Å². The molecule has 19 heavy (non-hydrogen) atoms. The van der Waals surface area contributed by atoms with Gasteiger partial charge in [-0.15, -0.1) is 11.3 Å². The van der Waals surface area contributed by atoms with E-state index in [0.29, 0.717) is 16.3 Å². The number of nitrogen functional groups attached to an aromatic ring is 1. The molecule has 1 aromatic carbocycles. The number of esters is 1. The molecule has 0 bridgehead atoms. The Morgan fingerprint density at radius 3 is 2.63 bits per heavy atom. The van der Waals surface area contributed by atoms with E-state index in [0.717, 1.165) is 12.8 Å². The first kappa shape index (κ1) is 13.6. The molecule has 0 aliphatic rings. The SMILES string of the molecule is CCCCc1ccc(OC(=O)c2ccc(N)cc2)s1. The predicted octanol–water partition coefficient (Wildman–Crippen LogP) is 3.89. The molecule has 0 aliphatic heterocycles. The van der Waals surface area contributed by atoms with Crippen LogP contribution >= 0.6 is 11.3 Å². The molecule has 0 unspecified atom stereocenters. The third-order valence-electron chi connectivity index (χ3n) is 2.75. The molecule has 0 saturated carbocycles. The fourth-order valence-corrected chi connectivity index (χ4v) is 2.56. The van der Waals surface area contributed by atoms with Gasteiger partial charge in [-0.25, -0.2) is 4.79 Å². The summed E-state index contributed by atoms with van der Waals surface area (Å²) in [4.78, 5) is 13.1. The maximum Gasteiger partial charge on any atom is 0.344 e. The largest absolute Gasteiger partial charge is 0.412 e. The number of carbonyl (C=O) groups is 1. The summed E-state index contributed by atoms with van der Waals surface area (Å²) in [7, 11) is 0.